The predicted molar refractivity (Wildman–Crippen MR) is 102 cm³/mol. The minimum Gasteiger partial charge on any atom is -0.497 e. The Morgan fingerprint density at radius 1 is 1.15 bits per heavy atom. The van der Waals surface area contributed by atoms with Crippen LogP contribution in [0.15, 0.2) is 48.5 Å². The van der Waals surface area contributed by atoms with Gasteiger partial charge in [-0.25, -0.2) is 0 Å². The number of benzene rings is 2. The molecular formula is C20H21ClN2O3. The minimum atomic E-state index is -0.134. The molecule has 0 saturated carbocycles. The lowest BCUT2D eigenvalue weighted by atomic mass is 10.1. The van der Waals surface area contributed by atoms with Crippen LogP contribution in [-0.2, 0) is 13.2 Å². The first-order valence-electron chi connectivity index (χ1n) is 8.37. The van der Waals surface area contributed by atoms with E-state index in [0.29, 0.717) is 29.6 Å². The second-order valence-electron chi connectivity index (χ2n) is 5.76. The number of aliphatic hydroxyl groups is 1. The number of aromatic nitrogens is 2. The van der Waals surface area contributed by atoms with Crippen LogP contribution in [0, 0.1) is 0 Å². The first-order valence-corrected chi connectivity index (χ1v) is 8.75. The summed E-state index contributed by atoms with van der Waals surface area (Å²) >= 11 is 6.22. The van der Waals surface area contributed by atoms with Crippen molar-refractivity contribution in [2.75, 3.05) is 13.7 Å². The molecule has 3 rings (SSSR count). The zero-order valence-electron chi connectivity index (χ0n) is 14.8. The van der Waals surface area contributed by atoms with E-state index < -0.39 is 0 Å². The van der Waals surface area contributed by atoms with Crippen molar-refractivity contribution in [1.29, 1.82) is 0 Å². The van der Waals surface area contributed by atoms with E-state index in [1.165, 1.54) is 0 Å². The van der Waals surface area contributed by atoms with Gasteiger partial charge in [0.1, 0.15) is 11.5 Å². The lowest BCUT2D eigenvalue weighted by molar-refractivity contribution is 0.275. The first kappa shape index (κ1) is 18.3. The molecule has 0 bridgehead atoms. The number of methoxy groups -OCH3 is 1. The number of nitrogens with zero attached hydrogens (tertiary/aromatic N) is 2. The maximum absolute atomic E-state index is 9.53. The Balaban J connectivity index is 2.04. The maximum atomic E-state index is 9.53. The summed E-state index contributed by atoms with van der Waals surface area (Å²) in [5.74, 6) is 1.49. The van der Waals surface area contributed by atoms with Crippen LogP contribution in [-0.4, -0.2) is 28.6 Å². The van der Waals surface area contributed by atoms with Gasteiger partial charge in [0.05, 0.1) is 38.3 Å². The second-order valence-corrected chi connectivity index (χ2v) is 6.19. The number of ether oxygens (including phenoxy) is 2. The van der Waals surface area contributed by atoms with Crippen LogP contribution in [0.2, 0.25) is 5.02 Å². The van der Waals surface area contributed by atoms with Crippen molar-refractivity contribution in [3.05, 3.63) is 64.8 Å². The molecule has 0 unspecified atom stereocenters. The standard InChI is InChI=1S/C20H21ClN2O3/c1-3-26-20-7-5-4-6-14(20)12-23-19(11-17(13-24)22-23)15-8-16(21)10-18(9-15)25-2/h4-11,24H,3,12-13H2,1-2H3. The molecule has 136 valence electrons. The van der Waals surface area contributed by atoms with Gasteiger partial charge in [0.2, 0.25) is 0 Å². The van der Waals surface area contributed by atoms with Gasteiger partial charge in [-0.2, -0.15) is 5.10 Å². The Kier molecular flexibility index (Phi) is 5.81. The van der Waals surface area contributed by atoms with E-state index in [1.807, 2.05) is 54.1 Å². The van der Waals surface area contributed by atoms with Crippen molar-refractivity contribution in [2.45, 2.75) is 20.1 Å². The van der Waals surface area contributed by atoms with Gasteiger partial charge in [-0.1, -0.05) is 29.8 Å². The molecule has 0 fully saturated rings. The molecule has 0 aliphatic rings. The topological polar surface area (TPSA) is 56.5 Å². The molecule has 5 nitrogen and oxygen atoms in total. The molecule has 0 amide bonds. The summed E-state index contributed by atoms with van der Waals surface area (Å²) < 4.78 is 12.9. The zero-order chi connectivity index (χ0) is 18.5. The van der Waals surface area contributed by atoms with Crippen LogP contribution in [0.1, 0.15) is 18.2 Å². The van der Waals surface area contributed by atoms with Gasteiger partial charge in [0, 0.05) is 16.1 Å². The van der Waals surface area contributed by atoms with Crippen LogP contribution < -0.4 is 9.47 Å². The number of para-hydroxylation sites is 1. The monoisotopic (exact) mass is 372 g/mol. The number of hydrogen-bond acceptors (Lipinski definition) is 4. The summed E-state index contributed by atoms with van der Waals surface area (Å²) in [5, 5.41) is 14.6. The number of aliphatic hydroxyl groups excluding tert-OH is 1. The first-order chi connectivity index (χ1) is 12.6. The lowest BCUT2D eigenvalue weighted by Crippen LogP contribution is -2.06. The fraction of sp³-hybridized carbons (Fsp3) is 0.250. The molecule has 0 radical (unpaired) electrons. The van der Waals surface area contributed by atoms with E-state index in [2.05, 4.69) is 5.10 Å². The third kappa shape index (κ3) is 4.00. The highest BCUT2D eigenvalue weighted by Gasteiger charge is 2.14. The SMILES string of the molecule is CCOc1ccccc1Cn1nc(CO)cc1-c1cc(Cl)cc(OC)c1. The molecular weight excluding hydrogens is 352 g/mol. The minimum absolute atomic E-state index is 0.134. The van der Waals surface area contributed by atoms with Crippen LogP contribution in [0.25, 0.3) is 11.3 Å². The summed E-state index contributed by atoms with van der Waals surface area (Å²) in [6.45, 7) is 2.93. The molecule has 0 aliphatic carbocycles. The van der Waals surface area contributed by atoms with Crippen molar-refractivity contribution in [3.8, 4) is 22.8 Å². The van der Waals surface area contributed by atoms with Gasteiger partial charge < -0.3 is 14.6 Å². The summed E-state index contributed by atoms with van der Waals surface area (Å²) in [6.07, 6.45) is 0. The van der Waals surface area contributed by atoms with E-state index in [-0.39, 0.29) is 6.61 Å². The summed E-state index contributed by atoms with van der Waals surface area (Å²) in [7, 11) is 1.60. The normalized spacial score (nSPS) is 10.8. The summed E-state index contributed by atoms with van der Waals surface area (Å²) in [4.78, 5) is 0. The maximum Gasteiger partial charge on any atom is 0.124 e. The smallest absolute Gasteiger partial charge is 0.124 e. The fourth-order valence-corrected chi connectivity index (χ4v) is 3.05. The van der Waals surface area contributed by atoms with E-state index in [9.17, 15) is 5.11 Å². The van der Waals surface area contributed by atoms with E-state index in [0.717, 1.165) is 22.6 Å². The zero-order valence-corrected chi connectivity index (χ0v) is 15.5. The van der Waals surface area contributed by atoms with Crippen LogP contribution in [0.3, 0.4) is 0 Å². The van der Waals surface area contributed by atoms with Crippen LogP contribution in [0.4, 0.5) is 0 Å². The molecule has 1 heterocycles. The summed E-state index contributed by atoms with van der Waals surface area (Å²) in [6, 6.07) is 15.2. The molecule has 6 heteroatoms. The number of rotatable bonds is 7. The largest absolute Gasteiger partial charge is 0.497 e. The molecule has 0 atom stereocenters. The van der Waals surface area contributed by atoms with Gasteiger partial charge in [-0.15, -0.1) is 0 Å². The predicted octanol–water partition coefficient (Wildman–Crippen LogP) is 4.15. The third-order valence-corrected chi connectivity index (χ3v) is 4.21. The molecule has 2 aromatic carbocycles. The van der Waals surface area contributed by atoms with Gasteiger partial charge in [-0.3, -0.25) is 4.68 Å². The highest BCUT2D eigenvalue weighted by molar-refractivity contribution is 6.31. The van der Waals surface area contributed by atoms with Crippen molar-refractivity contribution < 1.29 is 14.6 Å². The Labute approximate surface area is 157 Å². The Morgan fingerprint density at radius 3 is 2.69 bits per heavy atom. The van der Waals surface area contributed by atoms with Crippen molar-refractivity contribution >= 4 is 11.6 Å². The van der Waals surface area contributed by atoms with Gasteiger partial charge in [0.15, 0.2) is 0 Å². The average Bonchev–Trinajstić information content (AvgIpc) is 3.06. The highest BCUT2D eigenvalue weighted by Crippen LogP contribution is 2.30. The van der Waals surface area contributed by atoms with Gasteiger partial charge in [-0.05, 0) is 37.3 Å². The Morgan fingerprint density at radius 2 is 1.96 bits per heavy atom. The van der Waals surface area contributed by atoms with Crippen LogP contribution >= 0.6 is 11.6 Å². The molecule has 26 heavy (non-hydrogen) atoms. The number of halogens is 1. The van der Waals surface area contributed by atoms with Crippen molar-refractivity contribution in [2.24, 2.45) is 0 Å². The van der Waals surface area contributed by atoms with E-state index in [1.54, 1.807) is 13.2 Å². The van der Waals surface area contributed by atoms with Crippen LogP contribution in [0.5, 0.6) is 11.5 Å². The molecule has 0 saturated heterocycles. The number of hydrogen-bond donors (Lipinski definition) is 1. The quantitative estimate of drug-likeness (QED) is 0.676. The third-order valence-electron chi connectivity index (χ3n) is 3.99. The van der Waals surface area contributed by atoms with E-state index >= 15 is 0 Å². The van der Waals surface area contributed by atoms with Crippen molar-refractivity contribution in [1.82, 2.24) is 9.78 Å². The average molecular weight is 373 g/mol. The second kappa shape index (κ2) is 8.25. The van der Waals surface area contributed by atoms with Gasteiger partial charge in [0.25, 0.3) is 0 Å². The molecule has 1 N–H and O–H groups in total. The molecule has 0 spiro atoms. The van der Waals surface area contributed by atoms with Gasteiger partial charge >= 0.3 is 0 Å². The fourth-order valence-electron chi connectivity index (χ4n) is 2.82. The van der Waals surface area contributed by atoms with E-state index in [4.69, 9.17) is 21.1 Å². The highest BCUT2D eigenvalue weighted by atomic mass is 35.5. The summed E-state index contributed by atoms with van der Waals surface area (Å²) in [5.41, 5.74) is 3.32. The van der Waals surface area contributed by atoms with Crippen molar-refractivity contribution in [3.63, 3.8) is 0 Å². The molecule has 0 aliphatic heterocycles. The Bertz CT molecular complexity index is 893. The lowest BCUT2D eigenvalue weighted by Gasteiger charge is -2.13. The Hall–Kier alpha value is -2.50. The molecule has 1 aromatic heterocycles. The molecule has 3 aromatic rings.